The quantitative estimate of drug-likeness (QED) is 0.457. The third-order valence-corrected chi connectivity index (χ3v) is 6.74. The van der Waals surface area contributed by atoms with E-state index < -0.39 is 0 Å². The van der Waals surface area contributed by atoms with Crippen LogP contribution in [0, 0.1) is 0 Å². The first kappa shape index (κ1) is 22.7. The van der Waals surface area contributed by atoms with Crippen LogP contribution in [0.25, 0.3) is 0 Å². The third-order valence-electron chi connectivity index (χ3n) is 5.54. The zero-order valence-corrected chi connectivity index (χ0v) is 19.9. The van der Waals surface area contributed by atoms with Crippen LogP contribution in [-0.4, -0.2) is 40.6 Å². The summed E-state index contributed by atoms with van der Waals surface area (Å²) in [6.07, 6.45) is 4.59. The predicted octanol–water partition coefficient (Wildman–Crippen LogP) is 5.27. The van der Waals surface area contributed by atoms with Gasteiger partial charge in [-0.1, -0.05) is 0 Å². The number of carbonyl (C=O) groups excluding carboxylic acids is 1. The molecule has 7 nitrogen and oxygen atoms in total. The van der Waals surface area contributed by atoms with Crippen LogP contribution in [0.2, 0.25) is 0 Å². The first-order valence-electron chi connectivity index (χ1n) is 10.5. The number of carbonyl (C=O) groups is 1. The van der Waals surface area contributed by atoms with Crippen LogP contribution in [0.1, 0.15) is 32.8 Å². The summed E-state index contributed by atoms with van der Waals surface area (Å²) in [4.78, 5) is 19.3. The smallest absolute Gasteiger partial charge is 0.259 e. The van der Waals surface area contributed by atoms with Gasteiger partial charge in [-0.3, -0.25) is 4.79 Å². The van der Waals surface area contributed by atoms with Gasteiger partial charge in [0, 0.05) is 22.7 Å². The molecule has 2 aromatic carbocycles. The largest absolute Gasteiger partial charge is 0.497 e. The molecule has 1 N–H and O–H groups in total. The Kier molecular flexibility index (Phi) is 6.84. The molecule has 1 heterocycles. The fourth-order valence-corrected chi connectivity index (χ4v) is 5.10. The number of fused-ring (bicyclic) bond motifs is 1. The van der Waals surface area contributed by atoms with Crippen LogP contribution in [-0.2, 0) is 12.8 Å². The van der Waals surface area contributed by atoms with Crippen molar-refractivity contribution < 1.29 is 23.7 Å². The number of aliphatic imine (C=N–C) groups is 1. The summed E-state index contributed by atoms with van der Waals surface area (Å²) >= 11 is 1.56. The van der Waals surface area contributed by atoms with Crippen LogP contribution in [0.4, 0.5) is 10.7 Å². The van der Waals surface area contributed by atoms with Crippen LogP contribution in [0.15, 0.2) is 41.4 Å². The van der Waals surface area contributed by atoms with E-state index in [0.29, 0.717) is 39.2 Å². The number of nitrogens with one attached hydrogen (secondary N) is 1. The van der Waals surface area contributed by atoms with Crippen molar-refractivity contribution in [3.05, 3.63) is 58.0 Å². The molecule has 4 rings (SSSR count). The number of ether oxygens (including phenoxy) is 4. The summed E-state index contributed by atoms with van der Waals surface area (Å²) in [7, 11) is 6.37. The van der Waals surface area contributed by atoms with E-state index in [1.807, 2.05) is 18.2 Å². The number of benzene rings is 2. The zero-order valence-electron chi connectivity index (χ0n) is 19.1. The van der Waals surface area contributed by atoms with Gasteiger partial charge >= 0.3 is 0 Å². The van der Waals surface area contributed by atoms with E-state index in [1.54, 1.807) is 64.2 Å². The van der Waals surface area contributed by atoms with E-state index in [0.717, 1.165) is 30.4 Å². The number of thiophene rings is 1. The second-order valence-corrected chi connectivity index (χ2v) is 8.51. The average Bonchev–Trinajstić information content (AvgIpc) is 3.43. The molecule has 3 aromatic rings. The molecule has 0 aliphatic heterocycles. The molecule has 8 heteroatoms. The lowest BCUT2D eigenvalue weighted by Gasteiger charge is -2.12. The molecule has 1 amide bonds. The molecule has 0 spiro atoms. The molecule has 0 fully saturated rings. The number of amides is 1. The molecule has 0 atom stereocenters. The van der Waals surface area contributed by atoms with Gasteiger partial charge in [-0.05, 0) is 55.2 Å². The summed E-state index contributed by atoms with van der Waals surface area (Å²) in [6, 6.07) is 10.8. The highest BCUT2D eigenvalue weighted by molar-refractivity contribution is 7.16. The lowest BCUT2D eigenvalue weighted by Crippen LogP contribution is -2.14. The molecule has 0 saturated heterocycles. The van der Waals surface area contributed by atoms with Gasteiger partial charge in [0.05, 0.1) is 39.7 Å². The second kappa shape index (κ2) is 9.95. The normalized spacial score (nSPS) is 12.5. The van der Waals surface area contributed by atoms with Gasteiger partial charge in [-0.2, -0.15) is 0 Å². The van der Waals surface area contributed by atoms with Crippen molar-refractivity contribution >= 4 is 34.1 Å². The monoisotopic (exact) mass is 466 g/mol. The Hall–Kier alpha value is -3.52. The third kappa shape index (κ3) is 4.66. The summed E-state index contributed by atoms with van der Waals surface area (Å²) in [5.74, 6) is 2.36. The number of rotatable bonds is 8. The van der Waals surface area contributed by atoms with Crippen molar-refractivity contribution in [3.8, 4) is 23.0 Å². The van der Waals surface area contributed by atoms with Gasteiger partial charge in [0.2, 0.25) is 0 Å². The summed E-state index contributed by atoms with van der Waals surface area (Å²) in [5, 5.41) is 3.67. The number of aryl methyl sites for hydroxylation is 1. The minimum absolute atomic E-state index is 0.206. The fourth-order valence-electron chi connectivity index (χ4n) is 3.87. The van der Waals surface area contributed by atoms with E-state index in [2.05, 4.69) is 5.32 Å². The van der Waals surface area contributed by atoms with E-state index in [-0.39, 0.29) is 5.91 Å². The van der Waals surface area contributed by atoms with Crippen molar-refractivity contribution in [2.75, 3.05) is 33.8 Å². The van der Waals surface area contributed by atoms with Crippen molar-refractivity contribution in [1.82, 2.24) is 0 Å². The van der Waals surface area contributed by atoms with Gasteiger partial charge < -0.3 is 24.3 Å². The Morgan fingerprint density at radius 3 is 2.39 bits per heavy atom. The first-order chi connectivity index (χ1) is 16.1. The maximum absolute atomic E-state index is 13.4. The number of hydrogen-bond acceptors (Lipinski definition) is 7. The summed E-state index contributed by atoms with van der Waals surface area (Å²) in [5.41, 5.74) is 3.04. The SMILES string of the molecule is COc1ccc(OC)c(/C=N/c2sc3c(c2C(=O)Nc2ccc(OC)cc2OC)CCC3)c1. The Balaban J connectivity index is 1.68. The highest BCUT2D eigenvalue weighted by Crippen LogP contribution is 2.42. The van der Waals surface area contributed by atoms with Gasteiger partial charge in [0.15, 0.2) is 0 Å². The number of anilines is 1. The summed E-state index contributed by atoms with van der Waals surface area (Å²) in [6.45, 7) is 0. The van der Waals surface area contributed by atoms with Crippen LogP contribution in [0.3, 0.4) is 0 Å². The molecule has 0 unspecified atom stereocenters. The molecule has 172 valence electrons. The Morgan fingerprint density at radius 2 is 1.67 bits per heavy atom. The predicted molar refractivity (Wildman–Crippen MR) is 131 cm³/mol. The highest BCUT2D eigenvalue weighted by Gasteiger charge is 2.27. The van der Waals surface area contributed by atoms with Crippen molar-refractivity contribution in [1.29, 1.82) is 0 Å². The highest BCUT2D eigenvalue weighted by atomic mass is 32.1. The van der Waals surface area contributed by atoms with Gasteiger partial charge in [-0.15, -0.1) is 11.3 Å². The first-order valence-corrected chi connectivity index (χ1v) is 11.3. The molecule has 0 saturated carbocycles. The fraction of sp³-hybridized carbons (Fsp3) is 0.280. The topological polar surface area (TPSA) is 78.4 Å². The van der Waals surface area contributed by atoms with Gasteiger partial charge in [0.1, 0.15) is 28.0 Å². The number of nitrogens with zero attached hydrogens (tertiary/aromatic N) is 1. The minimum atomic E-state index is -0.206. The van der Waals surface area contributed by atoms with E-state index in [9.17, 15) is 4.79 Å². The van der Waals surface area contributed by atoms with E-state index in [1.165, 1.54) is 4.88 Å². The molecule has 1 aliphatic carbocycles. The van der Waals surface area contributed by atoms with E-state index in [4.69, 9.17) is 23.9 Å². The second-order valence-electron chi connectivity index (χ2n) is 7.42. The number of hydrogen-bond donors (Lipinski definition) is 1. The molecular formula is C25H26N2O5S. The van der Waals surface area contributed by atoms with Crippen molar-refractivity contribution in [2.45, 2.75) is 19.3 Å². The maximum atomic E-state index is 13.4. The van der Waals surface area contributed by atoms with Gasteiger partial charge in [-0.25, -0.2) is 4.99 Å². The molecule has 33 heavy (non-hydrogen) atoms. The lowest BCUT2D eigenvalue weighted by molar-refractivity contribution is 0.102. The molecule has 1 aromatic heterocycles. The van der Waals surface area contributed by atoms with E-state index >= 15 is 0 Å². The van der Waals surface area contributed by atoms with Crippen molar-refractivity contribution in [2.24, 2.45) is 4.99 Å². The van der Waals surface area contributed by atoms with Crippen molar-refractivity contribution in [3.63, 3.8) is 0 Å². The molecule has 0 bridgehead atoms. The minimum Gasteiger partial charge on any atom is -0.497 e. The van der Waals surface area contributed by atoms with Gasteiger partial charge in [0.25, 0.3) is 5.91 Å². The van der Waals surface area contributed by atoms with Crippen LogP contribution >= 0.6 is 11.3 Å². The molecule has 0 radical (unpaired) electrons. The maximum Gasteiger partial charge on any atom is 0.259 e. The molecular weight excluding hydrogens is 440 g/mol. The standard InChI is InChI=1S/C25H26N2O5S/c1-29-16-9-11-20(31-3)15(12-16)14-26-25-23(18-6-5-7-22(18)33-25)24(28)27-19-10-8-17(30-2)13-21(19)32-4/h8-14H,5-7H2,1-4H3,(H,27,28)/b26-14+. The Morgan fingerprint density at radius 1 is 0.939 bits per heavy atom. The lowest BCUT2D eigenvalue weighted by atomic mass is 10.1. The average molecular weight is 467 g/mol. The summed E-state index contributed by atoms with van der Waals surface area (Å²) < 4.78 is 21.5. The molecule has 1 aliphatic rings. The zero-order chi connectivity index (χ0) is 23.4. The Labute approximate surface area is 197 Å². The number of methoxy groups -OCH3 is 4. The van der Waals surface area contributed by atoms with Crippen LogP contribution in [0.5, 0.6) is 23.0 Å². The van der Waals surface area contributed by atoms with Crippen LogP contribution < -0.4 is 24.3 Å². The Bertz CT molecular complexity index is 1200.